The van der Waals surface area contributed by atoms with E-state index in [2.05, 4.69) is 0 Å². The van der Waals surface area contributed by atoms with Crippen LogP contribution in [-0.2, 0) is 38.0 Å². The van der Waals surface area contributed by atoms with E-state index in [4.69, 9.17) is 27.9 Å². The van der Waals surface area contributed by atoms with Crippen molar-refractivity contribution in [2.75, 3.05) is 19.5 Å². The number of ether oxygens (including phenoxy) is 5. The maximum absolute atomic E-state index is 12.4. The molecule has 2 aliphatic heterocycles. The zero-order valence-electron chi connectivity index (χ0n) is 18.6. The summed E-state index contributed by atoms with van der Waals surface area (Å²) in [5.41, 5.74) is -1.82. The van der Waals surface area contributed by atoms with Crippen LogP contribution in [0.25, 0.3) is 0 Å². The van der Waals surface area contributed by atoms with Crippen LogP contribution in [0.1, 0.15) is 38.1 Å². The Kier molecular flexibility index (Phi) is 6.68. The van der Waals surface area contributed by atoms with Crippen LogP contribution < -0.4 is 0 Å². The van der Waals surface area contributed by atoms with Crippen molar-refractivity contribution in [1.29, 1.82) is 5.26 Å². The van der Waals surface area contributed by atoms with Crippen molar-refractivity contribution in [2.45, 2.75) is 63.2 Å². The molecule has 0 spiro atoms. The van der Waals surface area contributed by atoms with E-state index in [-0.39, 0.29) is 13.2 Å². The number of carbonyl (C=O) groups is 1. The number of benzene rings is 1. The molecule has 0 saturated carbocycles. The van der Waals surface area contributed by atoms with E-state index in [9.17, 15) is 18.5 Å². The third-order valence-corrected chi connectivity index (χ3v) is 5.52. The molecule has 2 saturated heterocycles. The zero-order chi connectivity index (χ0) is 23.8. The van der Waals surface area contributed by atoms with Gasteiger partial charge in [0.1, 0.15) is 31.0 Å². The van der Waals surface area contributed by atoms with Crippen molar-refractivity contribution in [3.8, 4) is 6.07 Å². The number of nitrogens with zero attached hydrogens (tertiary/aromatic N) is 1. The number of rotatable bonds is 7. The molecule has 0 N–H and O–H groups in total. The van der Waals surface area contributed by atoms with Gasteiger partial charge in [-0.25, -0.2) is 8.98 Å². The van der Waals surface area contributed by atoms with Crippen LogP contribution in [0.3, 0.4) is 0 Å². The van der Waals surface area contributed by atoms with E-state index in [0.29, 0.717) is 5.56 Å². The lowest BCUT2D eigenvalue weighted by Gasteiger charge is -2.36. The van der Waals surface area contributed by atoms with Crippen LogP contribution in [0, 0.1) is 11.3 Å². The van der Waals surface area contributed by atoms with Gasteiger partial charge >= 0.3 is 5.97 Å². The molecule has 0 aromatic heterocycles. The second-order valence-corrected chi connectivity index (χ2v) is 10.1. The second kappa shape index (κ2) is 8.70. The number of hydrogen-bond donors (Lipinski definition) is 0. The lowest BCUT2D eigenvalue weighted by molar-refractivity contribution is -0.189. The van der Waals surface area contributed by atoms with Crippen LogP contribution in [0.2, 0.25) is 0 Å². The summed E-state index contributed by atoms with van der Waals surface area (Å²) in [6, 6.07) is 10.3. The number of carbonyl (C=O) groups excluding carboxylic acids is 1. The highest BCUT2D eigenvalue weighted by Gasteiger charge is 2.63. The molecular formula is C21H27NO9S. The van der Waals surface area contributed by atoms with E-state index in [1.807, 2.05) is 6.07 Å². The van der Waals surface area contributed by atoms with Gasteiger partial charge in [0.25, 0.3) is 10.1 Å². The highest BCUT2D eigenvalue weighted by molar-refractivity contribution is 7.86. The summed E-state index contributed by atoms with van der Waals surface area (Å²) in [6.45, 7) is 6.02. The molecule has 2 heterocycles. The third kappa shape index (κ3) is 5.46. The smallest absolute Gasteiger partial charge is 0.338 e. The first-order valence-corrected chi connectivity index (χ1v) is 11.8. The minimum atomic E-state index is -4.14. The van der Waals surface area contributed by atoms with Gasteiger partial charge in [-0.05, 0) is 39.8 Å². The van der Waals surface area contributed by atoms with E-state index in [1.165, 1.54) is 0 Å². The quantitative estimate of drug-likeness (QED) is 0.430. The molecule has 0 radical (unpaired) electrons. The Labute approximate surface area is 187 Å². The van der Waals surface area contributed by atoms with Crippen molar-refractivity contribution in [1.82, 2.24) is 0 Å². The van der Waals surface area contributed by atoms with Crippen molar-refractivity contribution < 1.29 is 41.1 Å². The highest BCUT2D eigenvalue weighted by atomic mass is 32.2. The predicted octanol–water partition coefficient (Wildman–Crippen LogP) is 1.75. The van der Waals surface area contributed by atoms with E-state index in [0.717, 1.165) is 6.26 Å². The van der Waals surface area contributed by atoms with E-state index < -0.39 is 51.6 Å². The molecular weight excluding hydrogens is 442 g/mol. The molecule has 2 aliphatic rings. The average Bonchev–Trinajstić information content (AvgIpc) is 3.22. The van der Waals surface area contributed by atoms with E-state index in [1.54, 1.807) is 58.0 Å². The van der Waals surface area contributed by atoms with Crippen molar-refractivity contribution in [3.05, 3.63) is 35.9 Å². The number of hydrogen-bond acceptors (Lipinski definition) is 10. The van der Waals surface area contributed by atoms with Gasteiger partial charge in [-0.1, -0.05) is 18.2 Å². The molecule has 0 bridgehead atoms. The topological polar surface area (TPSA) is 130 Å². The molecule has 4 atom stereocenters. The molecule has 0 amide bonds. The Morgan fingerprint density at radius 2 is 1.81 bits per heavy atom. The Hall–Kier alpha value is -2.07. The van der Waals surface area contributed by atoms with Crippen molar-refractivity contribution >= 4 is 16.1 Å². The second-order valence-electron chi connectivity index (χ2n) is 8.57. The largest absolute Gasteiger partial charge is 0.459 e. The van der Waals surface area contributed by atoms with Crippen LogP contribution in [0.4, 0.5) is 0 Å². The number of nitriles is 1. The van der Waals surface area contributed by atoms with Gasteiger partial charge in [0, 0.05) is 0 Å². The minimum absolute atomic E-state index is 0.118. The van der Waals surface area contributed by atoms with Crippen LogP contribution >= 0.6 is 0 Å². The first kappa shape index (κ1) is 24.6. The third-order valence-electron chi connectivity index (χ3n) is 4.95. The molecule has 10 nitrogen and oxygen atoms in total. The van der Waals surface area contributed by atoms with Crippen LogP contribution in [0.15, 0.2) is 30.3 Å². The fourth-order valence-corrected chi connectivity index (χ4v) is 4.46. The molecule has 1 aromatic carbocycles. The lowest BCUT2D eigenvalue weighted by Crippen LogP contribution is -2.59. The van der Waals surface area contributed by atoms with Crippen LogP contribution in [-0.4, -0.2) is 69.3 Å². The molecule has 2 fully saturated rings. The van der Waals surface area contributed by atoms with Gasteiger partial charge < -0.3 is 23.7 Å². The average molecular weight is 470 g/mol. The van der Waals surface area contributed by atoms with Crippen molar-refractivity contribution in [2.24, 2.45) is 0 Å². The van der Waals surface area contributed by atoms with Gasteiger partial charge in [0.15, 0.2) is 11.6 Å². The monoisotopic (exact) mass is 469 g/mol. The Morgan fingerprint density at radius 3 is 2.34 bits per heavy atom. The Balaban J connectivity index is 1.92. The normalized spacial score (nSPS) is 28.6. The SMILES string of the molecule is CC1(C)OCC([C@@](C#N)(OS(C)(=O)=O)[C@@H]2OC(C)(C)O[C@@H]2COC(=O)c2ccccc2)O1. The molecule has 1 unspecified atom stereocenters. The minimum Gasteiger partial charge on any atom is -0.459 e. The first-order chi connectivity index (χ1) is 14.8. The molecule has 32 heavy (non-hydrogen) atoms. The molecule has 0 aliphatic carbocycles. The number of esters is 1. The summed E-state index contributed by atoms with van der Waals surface area (Å²) in [4.78, 5) is 12.4. The summed E-state index contributed by atoms with van der Waals surface area (Å²) in [5.74, 6) is -2.89. The zero-order valence-corrected chi connectivity index (χ0v) is 19.4. The first-order valence-electron chi connectivity index (χ1n) is 9.98. The summed E-state index contributed by atoms with van der Waals surface area (Å²) in [7, 11) is -4.14. The molecule has 3 rings (SSSR count). The highest BCUT2D eigenvalue weighted by Crippen LogP contribution is 2.42. The standard InChI is InChI=1S/C21H27NO9S/c1-19(2)27-12-16(29-19)21(13-22,31-32(5,24)25)17-15(28-20(3,4)30-17)11-26-18(23)14-9-7-6-8-10-14/h6-10,15-17H,11-12H2,1-5H3/t15-,16?,17-,21-/m1/s1. The fraction of sp³-hybridized carbons (Fsp3) is 0.619. The van der Waals surface area contributed by atoms with E-state index >= 15 is 0 Å². The summed E-state index contributed by atoms with van der Waals surface area (Å²) < 4.78 is 58.1. The van der Waals surface area contributed by atoms with Crippen LogP contribution in [0.5, 0.6) is 0 Å². The van der Waals surface area contributed by atoms with Gasteiger partial charge in [0.05, 0.1) is 18.4 Å². The predicted molar refractivity (Wildman–Crippen MR) is 110 cm³/mol. The van der Waals surface area contributed by atoms with Gasteiger partial charge in [-0.2, -0.15) is 13.7 Å². The van der Waals surface area contributed by atoms with Gasteiger partial charge in [0.2, 0.25) is 5.60 Å². The summed E-state index contributed by atoms with van der Waals surface area (Å²) >= 11 is 0. The summed E-state index contributed by atoms with van der Waals surface area (Å²) in [5, 5.41) is 10.2. The van der Waals surface area contributed by atoms with Gasteiger partial charge in [-0.15, -0.1) is 0 Å². The molecule has 176 valence electrons. The Bertz CT molecular complexity index is 986. The fourth-order valence-electron chi connectivity index (χ4n) is 3.72. The van der Waals surface area contributed by atoms with Gasteiger partial charge in [-0.3, -0.25) is 0 Å². The molecule has 11 heteroatoms. The lowest BCUT2D eigenvalue weighted by atomic mass is 9.88. The summed E-state index contributed by atoms with van der Waals surface area (Å²) in [6.07, 6.45) is -2.59. The maximum Gasteiger partial charge on any atom is 0.338 e. The molecule has 1 aromatic rings. The Morgan fingerprint density at radius 1 is 1.16 bits per heavy atom. The van der Waals surface area contributed by atoms with Crippen molar-refractivity contribution in [3.63, 3.8) is 0 Å². The maximum atomic E-state index is 12.4.